The summed E-state index contributed by atoms with van der Waals surface area (Å²) in [6, 6.07) is 3.44. The lowest BCUT2D eigenvalue weighted by Gasteiger charge is -2.32. The standard InChI is InChI=1S/C14H21ClN4O/c1-8-3-4-10(7-9(8)2)17-14(20)13-11(15)5-6-12(18-13)19-16/h5-6,8-10H,3-4,7,16H2,1-2H3,(H,17,20)(H,18,19). The molecular weight excluding hydrogens is 276 g/mol. The summed E-state index contributed by atoms with van der Waals surface area (Å²) in [5.41, 5.74) is 2.63. The highest BCUT2D eigenvalue weighted by Crippen LogP contribution is 2.29. The first-order chi connectivity index (χ1) is 9.51. The fourth-order valence-electron chi connectivity index (χ4n) is 2.61. The van der Waals surface area contributed by atoms with Gasteiger partial charge in [-0.05, 0) is 43.2 Å². The van der Waals surface area contributed by atoms with E-state index in [4.69, 9.17) is 17.4 Å². The third-order valence-electron chi connectivity index (χ3n) is 4.14. The summed E-state index contributed by atoms with van der Waals surface area (Å²) >= 11 is 6.03. The van der Waals surface area contributed by atoms with Crippen LogP contribution in [0.25, 0.3) is 0 Å². The highest BCUT2D eigenvalue weighted by molar-refractivity contribution is 6.33. The Bertz CT molecular complexity index is 494. The molecule has 0 radical (unpaired) electrons. The largest absolute Gasteiger partial charge is 0.348 e. The number of halogens is 1. The number of nitrogens with one attached hydrogen (secondary N) is 2. The molecule has 0 bridgehead atoms. The molecule has 4 N–H and O–H groups in total. The zero-order valence-corrected chi connectivity index (χ0v) is 12.6. The van der Waals surface area contributed by atoms with Gasteiger partial charge in [-0.15, -0.1) is 0 Å². The van der Waals surface area contributed by atoms with Crippen molar-refractivity contribution >= 4 is 23.3 Å². The zero-order valence-electron chi connectivity index (χ0n) is 11.8. The Balaban J connectivity index is 2.05. The maximum absolute atomic E-state index is 12.3. The molecule has 2 rings (SSSR count). The monoisotopic (exact) mass is 296 g/mol. The van der Waals surface area contributed by atoms with E-state index >= 15 is 0 Å². The van der Waals surface area contributed by atoms with Crippen molar-refractivity contribution < 1.29 is 4.79 Å². The Morgan fingerprint density at radius 3 is 2.75 bits per heavy atom. The highest BCUT2D eigenvalue weighted by atomic mass is 35.5. The molecule has 3 atom stereocenters. The van der Waals surface area contributed by atoms with Gasteiger partial charge in [-0.2, -0.15) is 0 Å². The smallest absolute Gasteiger partial charge is 0.271 e. The minimum Gasteiger partial charge on any atom is -0.348 e. The van der Waals surface area contributed by atoms with Crippen LogP contribution >= 0.6 is 11.6 Å². The molecule has 1 amide bonds. The van der Waals surface area contributed by atoms with Gasteiger partial charge in [-0.1, -0.05) is 25.4 Å². The summed E-state index contributed by atoms with van der Waals surface area (Å²) in [6.45, 7) is 4.49. The van der Waals surface area contributed by atoms with E-state index in [-0.39, 0.29) is 17.6 Å². The van der Waals surface area contributed by atoms with Crippen molar-refractivity contribution in [2.24, 2.45) is 17.7 Å². The summed E-state index contributed by atoms with van der Waals surface area (Å²) in [5, 5.41) is 3.36. The predicted octanol–water partition coefficient (Wildman–Crippen LogP) is 2.58. The van der Waals surface area contributed by atoms with Gasteiger partial charge in [-0.25, -0.2) is 10.8 Å². The van der Waals surface area contributed by atoms with Crippen LogP contribution in [0.2, 0.25) is 5.02 Å². The number of hydrogen-bond donors (Lipinski definition) is 3. The molecule has 1 saturated carbocycles. The molecule has 1 aromatic heterocycles. The second kappa shape index (κ2) is 6.41. The van der Waals surface area contributed by atoms with E-state index in [9.17, 15) is 4.79 Å². The number of hydrogen-bond acceptors (Lipinski definition) is 4. The fourth-order valence-corrected chi connectivity index (χ4v) is 2.81. The summed E-state index contributed by atoms with van der Waals surface area (Å²) in [6.07, 6.45) is 3.14. The zero-order chi connectivity index (χ0) is 14.7. The molecule has 0 saturated heterocycles. The van der Waals surface area contributed by atoms with Crippen LogP contribution in [0.15, 0.2) is 12.1 Å². The Hall–Kier alpha value is -1.33. The number of nitrogen functional groups attached to an aromatic ring is 1. The van der Waals surface area contributed by atoms with Crippen molar-refractivity contribution in [1.29, 1.82) is 0 Å². The van der Waals surface area contributed by atoms with Crippen LogP contribution in [0.4, 0.5) is 5.82 Å². The first-order valence-electron chi connectivity index (χ1n) is 6.95. The number of carbonyl (C=O) groups is 1. The molecule has 3 unspecified atom stereocenters. The molecule has 6 heteroatoms. The van der Waals surface area contributed by atoms with E-state index in [0.717, 1.165) is 25.2 Å². The van der Waals surface area contributed by atoms with Crippen molar-refractivity contribution in [1.82, 2.24) is 10.3 Å². The summed E-state index contributed by atoms with van der Waals surface area (Å²) in [5.74, 6) is 6.82. The lowest BCUT2D eigenvalue weighted by atomic mass is 9.79. The van der Waals surface area contributed by atoms with E-state index in [1.807, 2.05) is 0 Å². The first kappa shape index (κ1) is 15.1. The summed E-state index contributed by atoms with van der Waals surface area (Å²) < 4.78 is 0. The average Bonchev–Trinajstić information content (AvgIpc) is 2.43. The Labute approximate surface area is 124 Å². The highest BCUT2D eigenvalue weighted by Gasteiger charge is 2.26. The second-order valence-corrected chi connectivity index (χ2v) is 6.02. The molecule has 1 aliphatic carbocycles. The molecule has 5 nitrogen and oxygen atoms in total. The van der Waals surface area contributed by atoms with E-state index in [2.05, 4.69) is 29.6 Å². The molecule has 1 fully saturated rings. The number of aromatic nitrogens is 1. The maximum Gasteiger partial charge on any atom is 0.271 e. The summed E-state index contributed by atoms with van der Waals surface area (Å²) in [7, 11) is 0. The van der Waals surface area contributed by atoms with E-state index < -0.39 is 0 Å². The van der Waals surface area contributed by atoms with Crippen LogP contribution in [-0.4, -0.2) is 16.9 Å². The van der Waals surface area contributed by atoms with E-state index in [1.54, 1.807) is 12.1 Å². The number of nitrogens with two attached hydrogens (primary N) is 1. The number of rotatable bonds is 3. The first-order valence-corrected chi connectivity index (χ1v) is 7.33. The van der Waals surface area contributed by atoms with Crippen LogP contribution in [0.1, 0.15) is 43.6 Å². The number of pyridine rings is 1. The van der Waals surface area contributed by atoms with Gasteiger partial charge in [0.2, 0.25) is 0 Å². The fraction of sp³-hybridized carbons (Fsp3) is 0.571. The molecule has 20 heavy (non-hydrogen) atoms. The lowest BCUT2D eigenvalue weighted by molar-refractivity contribution is 0.0906. The third-order valence-corrected chi connectivity index (χ3v) is 4.45. The molecule has 1 heterocycles. The van der Waals surface area contributed by atoms with Gasteiger partial charge in [0, 0.05) is 6.04 Å². The van der Waals surface area contributed by atoms with Crippen LogP contribution in [0.3, 0.4) is 0 Å². The van der Waals surface area contributed by atoms with Crippen molar-refractivity contribution in [2.75, 3.05) is 5.43 Å². The number of carbonyl (C=O) groups excluding carboxylic acids is 1. The van der Waals surface area contributed by atoms with Gasteiger partial charge in [-0.3, -0.25) is 4.79 Å². The summed E-state index contributed by atoms with van der Waals surface area (Å²) in [4.78, 5) is 16.4. The third kappa shape index (κ3) is 3.41. The molecular formula is C14H21ClN4O. The normalized spacial score (nSPS) is 26.1. The number of anilines is 1. The van der Waals surface area contributed by atoms with Gasteiger partial charge >= 0.3 is 0 Å². The number of nitrogens with zero attached hydrogens (tertiary/aromatic N) is 1. The van der Waals surface area contributed by atoms with Crippen LogP contribution < -0.4 is 16.6 Å². The Kier molecular flexibility index (Phi) is 4.83. The lowest BCUT2D eigenvalue weighted by Crippen LogP contribution is -2.40. The molecule has 110 valence electrons. The molecule has 0 aromatic carbocycles. The van der Waals surface area contributed by atoms with E-state index in [0.29, 0.717) is 16.8 Å². The molecule has 0 spiro atoms. The van der Waals surface area contributed by atoms with Gasteiger partial charge < -0.3 is 10.7 Å². The minimum absolute atomic E-state index is 0.195. The number of hydrazine groups is 1. The SMILES string of the molecule is CC1CCC(NC(=O)c2nc(NN)ccc2Cl)CC1C. The minimum atomic E-state index is -0.237. The Morgan fingerprint density at radius 2 is 2.10 bits per heavy atom. The number of amides is 1. The van der Waals surface area contributed by atoms with Crippen molar-refractivity contribution in [3.8, 4) is 0 Å². The van der Waals surface area contributed by atoms with Crippen molar-refractivity contribution in [3.63, 3.8) is 0 Å². The topological polar surface area (TPSA) is 80.0 Å². The van der Waals surface area contributed by atoms with Crippen molar-refractivity contribution in [3.05, 3.63) is 22.8 Å². The quantitative estimate of drug-likeness (QED) is 0.591. The molecule has 1 aliphatic rings. The average molecular weight is 297 g/mol. The van der Waals surface area contributed by atoms with Gasteiger partial charge in [0.15, 0.2) is 0 Å². The van der Waals surface area contributed by atoms with Crippen LogP contribution in [0, 0.1) is 11.8 Å². The van der Waals surface area contributed by atoms with Crippen molar-refractivity contribution in [2.45, 2.75) is 39.2 Å². The van der Waals surface area contributed by atoms with Crippen LogP contribution in [-0.2, 0) is 0 Å². The van der Waals surface area contributed by atoms with E-state index in [1.165, 1.54) is 0 Å². The second-order valence-electron chi connectivity index (χ2n) is 5.61. The maximum atomic E-state index is 12.3. The van der Waals surface area contributed by atoms with Gasteiger partial charge in [0.1, 0.15) is 11.5 Å². The predicted molar refractivity (Wildman–Crippen MR) is 80.5 cm³/mol. The van der Waals surface area contributed by atoms with Crippen LogP contribution in [0.5, 0.6) is 0 Å². The molecule has 1 aromatic rings. The Morgan fingerprint density at radius 1 is 1.35 bits per heavy atom. The molecule has 0 aliphatic heterocycles. The van der Waals surface area contributed by atoms with Gasteiger partial charge in [0.25, 0.3) is 5.91 Å². The van der Waals surface area contributed by atoms with Gasteiger partial charge in [0.05, 0.1) is 5.02 Å².